The molecule has 1 aromatic rings. The first-order valence-corrected chi connectivity index (χ1v) is 9.32. The zero-order valence-electron chi connectivity index (χ0n) is 15.4. The number of hydrogen-bond acceptors (Lipinski definition) is 4. The van der Waals surface area contributed by atoms with Crippen LogP contribution in [0.2, 0.25) is 0 Å². The fraction of sp³-hybridized carbons (Fsp3) is 0.550. The molecule has 26 heavy (non-hydrogen) atoms. The molecule has 2 saturated heterocycles. The van der Waals surface area contributed by atoms with Crippen molar-refractivity contribution >= 4 is 23.5 Å². The third-order valence-corrected chi connectivity index (χ3v) is 5.17. The highest BCUT2D eigenvalue weighted by Gasteiger charge is 2.39. The standard InChI is InChI=1S/C20H26N2O4/c1-3-26-20(25)15-5-4-10-21(12-15)19(24)16-11-18(23)22(13-16)17-8-6-14(2)7-9-17/h6-9,15-16H,3-5,10-13H2,1-2H3/t15-,16+/m0/s1. The Bertz CT molecular complexity index is 686. The summed E-state index contributed by atoms with van der Waals surface area (Å²) < 4.78 is 5.10. The zero-order chi connectivity index (χ0) is 18.7. The number of hydrogen-bond donors (Lipinski definition) is 0. The molecule has 0 spiro atoms. The molecule has 0 bridgehead atoms. The average molecular weight is 358 g/mol. The van der Waals surface area contributed by atoms with Crippen molar-refractivity contribution in [2.45, 2.75) is 33.1 Å². The van der Waals surface area contributed by atoms with Gasteiger partial charge in [-0.3, -0.25) is 14.4 Å². The fourth-order valence-corrected chi connectivity index (χ4v) is 3.74. The third kappa shape index (κ3) is 3.89. The van der Waals surface area contributed by atoms with Crippen LogP contribution in [0.25, 0.3) is 0 Å². The fourth-order valence-electron chi connectivity index (χ4n) is 3.74. The van der Waals surface area contributed by atoms with Gasteiger partial charge in [-0.1, -0.05) is 17.7 Å². The Morgan fingerprint density at radius 2 is 1.88 bits per heavy atom. The van der Waals surface area contributed by atoms with Crippen molar-refractivity contribution in [3.8, 4) is 0 Å². The van der Waals surface area contributed by atoms with Crippen molar-refractivity contribution < 1.29 is 19.1 Å². The summed E-state index contributed by atoms with van der Waals surface area (Å²) in [7, 11) is 0. The predicted octanol–water partition coefficient (Wildman–Crippen LogP) is 2.15. The normalized spacial score (nSPS) is 23.2. The number of aryl methyl sites for hydroxylation is 1. The Kier molecular flexibility index (Phi) is 5.59. The van der Waals surface area contributed by atoms with Crippen molar-refractivity contribution in [2.75, 3.05) is 31.1 Å². The van der Waals surface area contributed by atoms with Gasteiger partial charge in [0, 0.05) is 31.7 Å². The van der Waals surface area contributed by atoms with Gasteiger partial charge in [0.1, 0.15) is 0 Å². The number of carbonyl (C=O) groups is 3. The van der Waals surface area contributed by atoms with E-state index in [2.05, 4.69) is 0 Å². The smallest absolute Gasteiger partial charge is 0.310 e. The van der Waals surface area contributed by atoms with Gasteiger partial charge in [0.2, 0.25) is 11.8 Å². The molecule has 0 aromatic heterocycles. The van der Waals surface area contributed by atoms with Crippen LogP contribution in [0.3, 0.4) is 0 Å². The van der Waals surface area contributed by atoms with Crippen LogP contribution in [0.5, 0.6) is 0 Å². The lowest BCUT2D eigenvalue weighted by molar-refractivity contribution is -0.152. The molecule has 6 nitrogen and oxygen atoms in total. The van der Waals surface area contributed by atoms with E-state index in [1.807, 2.05) is 31.2 Å². The summed E-state index contributed by atoms with van der Waals surface area (Å²) in [5.74, 6) is -0.871. The van der Waals surface area contributed by atoms with Crippen LogP contribution in [0.4, 0.5) is 5.69 Å². The van der Waals surface area contributed by atoms with Crippen LogP contribution < -0.4 is 4.90 Å². The van der Waals surface area contributed by atoms with Crippen LogP contribution >= 0.6 is 0 Å². The Labute approximate surface area is 154 Å². The molecule has 0 aliphatic carbocycles. The summed E-state index contributed by atoms with van der Waals surface area (Å²) >= 11 is 0. The molecule has 2 amide bonds. The van der Waals surface area contributed by atoms with E-state index in [0.29, 0.717) is 26.2 Å². The van der Waals surface area contributed by atoms with Crippen LogP contribution in [0.1, 0.15) is 31.7 Å². The molecule has 0 saturated carbocycles. The van der Waals surface area contributed by atoms with Crippen molar-refractivity contribution in [1.82, 2.24) is 4.90 Å². The molecule has 2 fully saturated rings. The van der Waals surface area contributed by atoms with Gasteiger partial charge in [-0.25, -0.2) is 0 Å². The molecular weight excluding hydrogens is 332 g/mol. The maximum atomic E-state index is 12.9. The highest BCUT2D eigenvalue weighted by atomic mass is 16.5. The van der Waals surface area contributed by atoms with Gasteiger partial charge >= 0.3 is 5.97 Å². The summed E-state index contributed by atoms with van der Waals surface area (Å²) in [4.78, 5) is 40.7. The molecule has 2 aliphatic heterocycles. The lowest BCUT2D eigenvalue weighted by Gasteiger charge is -2.33. The second-order valence-corrected chi connectivity index (χ2v) is 7.12. The Morgan fingerprint density at radius 3 is 2.58 bits per heavy atom. The minimum absolute atomic E-state index is 0.0221. The van der Waals surface area contributed by atoms with Crippen LogP contribution in [-0.4, -0.2) is 48.9 Å². The number of carbonyl (C=O) groups excluding carboxylic acids is 3. The number of anilines is 1. The van der Waals surface area contributed by atoms with E-state index in [-0.39, 0.29) is 36.0 Å². The van der Waals surface area contributed by atoms with E-state index >= 15 is 0 Å². The molecule has 0 radical (unpaired) electrons. The quantitative estimate of drug-likeness (QED) is 0.774. The van der Waals surface area contributed by atoms with Gasteiger partial charge in [0.25, 0.3) is 0 Å². The van der Waals surface area contributed by atoms with Gasteiger partial charge in [-0.15, -0.1) is 0 Å². The van der Waals surface area contributed by atoms with E-state index in [4.69, 9.17) is 4.74 Å². The van der Waals surface area contributed by atoms with Crippen molar-refractivity contribution in [1.29, 1.82) is 0 Å². The Morgan fingerprint density at radius 1 is 1.15 bits per heavy atom. The molecular formula is C20H26N2O4. The largest absolute Gasteiger partial charge is 0.466 e. The van der Waals surface area contributed by atoms with Gasteiger partial charge in [-0.2, -0.15) is 0 Å². The van der Waals surface area contributed by atoms with E-state index < -0.39 is 0 Å². The highest BCUT2D eigenvalue weighted by Crippen LogP contribution is 2.28. The molecule has 2 aliphatic rings. The van der Waals surface area contributed by atoms with Crippen LogP contribution in [0, 0.1) is 18.8 Å². The lowest BCUT2D eigenvalue weighted by atomic mass is 9.96. The summed E-state index contributed by atoms with van der Waals surface area (Å²) in [6.45, 7) is 5.58. The Balaban J connectivity index is 1.64. The van der Waals surface area contributed by atoms with E-state index in [1.54, 1.807) is 16.7 Å². The maximum Gasteiger partial charge on any atom is 0.310 e. The minimum atomic E-state index is -0.343. The topological polar surface area (TPSA) is 66.9 Å². The number of benzene rings is 1. The second kappa shape index (κ2) is 7.89. The molecule has 1 aromatic carbocycles. The average Bonchev–Trinajstić information content (AvgIpc) is 3.04. The first-order chi connectivity index (χ1) is 12.5. The molecule has 2 heterocycles. The Hall–Kier alpha value is -2.37. The number of piperidine rings is 1. The third-order valence-electron chi connectivity index (χ3n) is 5.17. The van der Waals surface area contributed by atoms with Gasteiger partial charge < -0.3 is 14.5 Å². The highest BCUT2D eigenvalue weighted by molar-refractivity contribution is 6.00. The molecule has 3 rings (SSSR count). The summed E-state index contributed by atoms with van der Waals surface area (Å²) in [5, 5.41) is 0. The van der Waals surface area contributed by atoms with E-state index in [9.17, 15) is 14.4 Å². The molecule has 0 N–H and O–H groups in total. The minimum Gasteiger partial charge on any atom is -0.466 e. The van der Waals surface area contributed by atoms with Gasteiger partial charge in [0.05, 0.1) is 18.4 Å². The number of likely N-dealkylation sites (tertiary alicyclic amines) is 1. The molecule has 140 valence electrons. The van der Waals surface area contributed by atoms with Crippen LogP contribution in [-0.2, 0) is 19.1 Å². The number of amides is 2. The van der Waals surface area contributed by atoms with E-state index in [1.165, 1.54) is 0 Å². The number of nitrogens with zero attached hydrogens (tertiary/aromatic N) is 2. The molecule has 0 unspecified atom stereocenters. The predicted molar refractivity (Wildman–Crippen MR) is 97.6 cm³/mol. The number of esters is 1. The van der Waals surface area contributed by atoms with Crippen molar-refractivity contribution in [3.05, 3.63) is 29.8 Å². The lowest BCUT2D eigenvalue weighted by Crippen LogP contribution is -2.45. The molecule has 2 atom stereocenters. The zero-order valence-corrected chi connectivity index (χ0v) is 15.4. The summed E-state index contributed by atoms with van der Waals surface area (Å²) in [6.07, 6.45) is 1.77. The summed E-state index contributed by atoms with van der Waals surface area (Å²) in [5.41, 5.74) is 1.96. The van der Waals surface area contributed by atoms with E-state index in [0.717, 1.165) is 24.1 Å². The number of rotatable bonds is 4. The monoisotopic (exact) mass is 358 g/mol. The van der Waals surface area contributed by atoms with Crippen molar-refractivity contribution in [2.24, 2.45) is 11.8 Å². The van der Waals surface area contributed by atoms with Gasteiger partial charge in [0.15, 0.2) is 0 Å². The maximum absolute atomic E-state index is 12.9. The van der Waals surface area contributed by atoms with Crippen LogP contribution in [0.15, 0.2) is 24.3 Å². The summed E-state index contributed by atoms with van der Waals surface area (Å²) in [6, 6.07) is 7.76. The first-order valence-electron chi connectivity index (χ1n) is 9.32. The number of ether oxygens (including phenoxy) is 1. The SMILES string of the molecule is CCOC(=O)[C@H]1CCCN(C(=O)[C@@H]2CC(=O)N(c3ccc(C)cc3)C2)C1. The molecule has 6 heteroatoms. The first kappa shape index (κ1) is 18.4. The van der Waals surface area contributed by atoms with Gasteiger partial charge in [-0.05, 0) is 38.8 Å². The van der Waals surface area contributed by atoms with Crippen molar-refractivity contribution in [3.63, 3.8) is 0 Å². The second-order valence-electron chi connectivity index (χ2n) is 7.12.